The van der Waals surface area contributed by atoms with E-state index >= 15 is 0 Å². The second-order valence-corrected chi connectivity index (χ2v) is 9.91. The van der Waals surface area contributed by atoms with Crippen LogP contribution in [0.3, 0.4) is 0 Å². The van der Waals surface area contributed by atoms with E-state index in [-0.39, 0.29) is 35.6 Å². The number of rotatable bonds is 9. The van der Waals surface area contributed by atoms with Crippen molar-refractivity contribution < 1.29 is 22.6 Å². The number of non-ortho nitro benzene ring substituents is 1. The van der Waals surface area contributed by atoms with Crippen LogP contribution in [-0.4, -0.2) is 29.6 Å². The first kappa shape index (κ1) is 22.7. The van der Waals surface area contributed by atoms with Gasteiger partial charge in [0.15, 0.2) is 0 Å². The van der Waals surface area contributed by atoms with E-state index in [1.165, 1.54) is 22.7 Å². The molecular weight excluding hydrogens is 446 g/mol. The van der Waals surface area contributed by atoms with Gasteiger partial charge in [-0.1, -0.05) is 18.2 Å². The summed E-state index contributed by atoms with van der Waals surface area (Å²) < 4.78 is 33.7. The average molecular weight is 470 g/mol. The molecule has 4 rings (SSSR count). The Labute approximate surface area is 191 Å². The van der Waals surface area contributed by atoms with Gasteiger partial charge < -0.3 is 9.73 Å². The number of sulfonamides is 1. The smallest absolute Gasteiger partial charge is 0.270 e. The van der Waals surface area contributed by atoms with Crippen molar-refractivity contribution in [3.8, 4) is 0 Å². The van der Waals surface area contributed by atoms with Gasteiger partial charge in [0.05, 0.1) is 22.6 Å². The van der Waals surface area contributed by atoms with Crippen LogP contribution in [0.2, 0.25) is 0 Å². The number of nitro benzene ring substituents is 1. The molecule has 0 bridgehead atoms. The van der Waals surface area contributed by atoms with Crippen LogP contribution in [0.15, 0.2) is 70.2 Å². The fraction of sp³-hybridized carbons (Fsp3) is 0.261. The quantitative estimate of drug-likeness (QED) is 0.376. The number of benzene rings is 2. The van der Waals surface area contributed by atoms with Crippen molar-refractivity contribution in [3.05, 3.63) is 93.4 Å². The van der Waals surface area contributed by atoms with E-state index in [0.29, 0.717) is 22.5 Å². The largest absolute Gasteiger partial charge is 0.468 e. The lowest BCUT2D eigenvalue weighted by atomic mass is 10.1. The highest BCUT2D eigenvalue weighted by atomic mass is 32.2. The SMILES string of the molecule is Cc1ccc([N+](=O)[O-])cc1S(=O)(=O)N(Cc1ccc(C(=O)NC2CC2)cc1)Cc1ccco1. The number of nitro groups is 1. The summed E-state index contributed by atoms with van der Waals surface area (Å²) in [7, 11) is -4.11. The molecule has 0 aliphatic heterocycles. The van der Waals surface area contributed by atoms with Crippen LogP contribution in [-0.2, 0) is 23.1 Å². The van der Waals surface area contributed by atoms with Crippen LogP contribution in [0.5, 0.6) is 0 Å². The monoisotopic (exact) mass is 469 g/mol. The third-order valence-electron chi connectivity index (χ3n) is 5.40. The molecule has 2 aromatic carbocycles. The number of hydrogen-bond acceptors (Lipinski definition) is 6. The molecular formula is C23H23N3O6S. The molecule has 10 heteroatoms. The van der Waals surface area contributed by atoms with E-state index < -0.39 is 14.9 Å². The number of nitrogens with one attached hydrogen (secondary N) is 1. The summed E-state index contributed by atoms with van der Waals surface area (Å²) in [5, 5.41) is 14.1. The fourth-order valence-electron chi connectivity index (χ4n) is 3.38. The van der Waals surface area contributed by atoms with Gasteiger partial charge in [-0.2, -0.15) is 4.31 Å². The second kappa shape index (κ2) is 9.16. The minimum atomic E-state index is -4.11. The maximum atomic E-state index is 13.6. The van der Waals surface area contributed by atoms with E-state index in [4.69, 9.17) is 4.42 Å². The third kappa shape index (κ3) is 5.29. The first-order valence-electron chi connectivity index (χ1n) is 10.4. The van der Waals surface area contributed by atoms with Crippen molar-refractivity contribution >= 4 is 21.6 Å². The number of nitrogens with zero attached hydrogens (tertiary/aromatic N) is 2. The Kier molecular flexibility index (Phi) is 6.30. The Morgan fingerprint density at radius 2 is 1.88 bits per heavy atom. The van der Waals surface area contributed by atoms with Gasteiger partial charge in [0.1, 0.15) is 5.76 Å². The van der Waals surface area contributed by atoms with Gasteiger partial charge in [0.25, 0.3) is 11.6 Å². The molecule has 0 saturated heterocycles. The predicted octanol–water partition coefficient (Wildman–Crippen LogP) is 3.78. The summed E-state index contributed by atoms with van der Waals surface area (Å²) >= 11 is 0. The number of amides is 1. The molecule has 172 valence electrons. The van der Waals surface area contributed by atoms with Gasteiger partial charge in [-0.15, -0.1) is 0 Å². The summed E-state index contributed by atoms with van der Waals surface area (Å²) in [6.07, 6.45) is 3.42. The van der Waals surface area contributed by atoms with E-state index in [1.807, 2.05) is 0 Å². The van der Waals surface area contributed by atoms with Gasteiger partial charge in [-0.05, 0) is 55.2 Å². The molecule has 1 N–H and O–H groups in total. The van der Waals surface area contributed by atoms with E-state index in [1.54, 1.807) is 43.3 Å². The predicted molar refractivity (Wildman–Crippen MR) is 120 cm³/mol. The lowest BCUT2D eigenvalue weighted by Gasteiger charge is -2.22. The van der Waals surface area contributed by atoms with Crippen molar-refractivity contribution in [1.29, 1.82) is 0 Å². The number of carbonyl (C=O) groups excluding carboxylic acids is 1. The van der Waals surface area contributed by atoms with Crippen molar-refractivity contribution in [2.45, 2.75) is 43.8 Å². The minimum Gasteiger partial charge on any atom is -0.468 e. The van der Waals surface area contributed by atoms with Crippen LogP contribution < -0.4 is 5.32 Å². The van der Waals surface area contributed by atoms with Crippen LogP contribution in [0, 0.1) is 17.0 Å². The van der Waals surface area contributed by atoms with Gasteiger partial charge in [0.2, 0.25) is 10.0 Å². The highest BCUT2D eigenvalue weighted by molar-refractivity contribution is 7.89. The molecule has 3 aromatic rings. The molecule has 9 nitrogen and oxygen atoms in total. The van der Waals surface area contributed by atoms with E-state index in [2.05, 4.69) is 5.32 Å². The van der Waals surface area contributed by atoms with Crippen molar-refractivity contribution in [1.82, 2.24) is 9.62 Å². The number of aryl methyl sites for hydroxylation is 1. The highest BCUT2D eigenvalue weighted by Gasteiger charge is 2.29. The maximum Gasteiger partial charge on any atom is 0.270 e. The minimum absolute atomic E-state index is 0.00428. The Hall–Kier alpha value is -3.50. The normalized spacial score (nSPS) is 13.8. The lowest BCUT2D eigenvalue weighted by molar-refractivity contribution is -0.385. The second-order valence-electron chi connectivity index (χ2n) is 8.00. The summed E-state index contributed by atoms with van der Waals surface area (Å²) in [5.74, 6) is 0.276. The van der Waals surface area contributed by atoms with Crippen molar-refractivity contribution in [3.63, 3.8) is 0 Å². The Balaban J connectivity index is 1.63. The Morgan fingerprint density at radius 1 is 1.15 bits per heavy atom. The first-order valence-corrected chi connectivity index (χ1v) is 11.9. The molecule has 1 amide bonds. The van der Waals surface area contributed by atoms with Gasteiger partial charge in [-0.25, -0.2) is 8.42 Å². The summed E-state index contributed by atoms with van der Waals surface area (Å²) in [6.45, 7) is 1.53. The zero-order valence-electron chi connectivity index (χ0n) is 17.9. The van der Waals surface area contributed by atoms with E-state index in [0.717, 1.165) is 18.9 Å². The van der Waals surface area contributed by atoms with Crippen LogP contribution in [0.1, 0.15) is 40.1 Å². The zero-order valence-corrected chi connectivity index (χ0v) is 18.7. The molecule has 1 fully saturated rings. The molecule has 1 aliphatic rings. The molecule has 0 spiro atoms. The molecule has 0 unspecified atom stereocenters. The zero-order chi connectivity index (χ0) is 23.6. The molecule has 1 saturated carbocycles. The lowest BCUT2D eigenvalue weighted by Crippen LogP contribution is -2.31. The average Bonchev–Trinajstić information content (AvgIpc) is 3.45. The molecule has 1 heterocycles. The molecule has 33 heavy (non-hydrogen) atoms. The molecule has 0 atom stereocenters. The molecule has 1 aromatic heterocycles. The van der Waals surface area contributed by atoms with E-state index in [9.17, 15) is 23.3 Å². The summed E-state index contributed by atoms with van der Waals surface area (Å²) in [4.78, 5) is 22.7. The standard InChI is InChI=1S/C23H23N3O6S/c1-16-4-11-20(26(28)29)13-22(16)33(30,31)25(15-21-3-2-12-32-21)14-17-5-7-18(8-6-17)23(27)24-19-9-10-19/h2-8,11-13,19H,9-10,14-15H2,1H3,(H,24,27). The Morgan fingerprint density at radius 3 is 2.48 bits per heavy atom. The van der Waals surface area contributed by atoms with Crippen LogP contribution in [0.4, 0.5) is 5.69 Å². The number of hydrogen-bond donors (Lipinski definition) is 1. The van der Waals surface area contributed by atoms with Gasteiger partial charge in [0, 0.05) is 30.3 Å². The fourth-order valence-corrected chi connectivity index (χ4v) is 5.02. The van der Waals surface area contributed by atoms with Crippen LogP contribution >= 0.6 is 0 Å². The van der Waals surface area contributed by atoms with Crippen LogP contribution in [0.25, 0.3) is 0 Å². The number of carbonyl (C=O) groups is 1. The maximum absolute atomic E-state index is 13.6. The topological polar surface area (TPSA) is 123 Å². The number of furan rings is 1. The Bertz CT molecular complexity index is 1270. The summed E-state index contributed by atoms with van der Waals surface area (Å²) in [6, 6.07) is 14.0. The third-order valence-corrected chi connectivity index (χ3v) is 7.33. The van der Waals surface area contributed by atoms with Crippen molar-refractivity contribution in [2.75, 3.05) is 0 Å². The first-order chi connectivity index (χ1) is 15.7. The summed E-state index contributed by atoms with van der Waals surface area (Å²) in [5.41, 5.74) is 1.26. The van der Waals surface area contributed by atoms with Crippen molar-refractivity contribution in [2.24, 2.45) is 0 Å². The van der Waals surface area contributed by atoms with Gasteiger partial charge in [-0.3, -0.25) is 14.9 Å². The van der Waals surface area contributed by atoms with Gasteiger partial charge >= 0.3 is 0 Å². The molecule has 0 radical (unpaired) electrons. The molecule has 1 aliphatic carbocycles. The highest BCUT2D eigenvalue weighted by Crippen LogP contribution is 2.27.